The fourth-order valence-corrected chi connectivity index (χ4v) is 6.02. The summed E-state index contributed by atoms with van der Waals surface area (Å²) in [6.45, 7) is 1.89. The molecule has 3 aromatic carbocycles. The number of amides is 2. The summed E-state index contributed by atoms with van der Waals surface area (Å²) in [6.07, 6.45) is 0.594. The van der Waals surface area contributed by atoms with Crippen molar-refractivity contribution in [3.8, 4) is 11.1 Å². The maximum Gasteiger partial charge on any atom is 0.275 e. The Bertz CT molecular complexity index is 1510. The lowest BCUT2D eigenvalue weighted by Gasteiger charge is -2.32. The molecule has 2 heterocycles. The Hall–Kier alpha value is -3.95. The van der Waals surface area contributed by atoms with Crippen molar-refractivity contribution in [2.24, 2.45) is 0 Å². The second kappa shape index (κ2) is 12.3. The van der Waals surface area contributed by atoms with Gasteiger partial charge in [0, 0.05) is 54.5 Å². The Labute approximate surface area is 241 Å². The SMILES string of the molecule is CC(F)(F)c1cccc(-c2ccccc2NC(=O)c2csc(C3CCN(C(=O)[C@H](O)Cc4ccccc4)CC3)n2)c1. The molecule has 5 rings (SSSR count). The Kier molecular flexibility index (Phi) is 8.56. The minimum absolute atomic E-state index is 0.0984. The second-order valence-corrected chi connectivity index (χ2v) is 11.2. The number of likely N-dealkylation sites (tertiary alicyclic amines) is 1. The van der Waals surface area contributed by atoms with Crippen molar-refractivity contribution in [3.05, 3.63) is 106 Å². The molecule has 1 aliphatic heterocycles. The van der Waals surface area contributed by atoms with Crippen LogP contribution in [0.2, 0.25) is 0 Å². The number of alkyl halides is 2. The molecule has 1 aliphatic rings. The zero-order chi connectivity index (χ0) is 29.0. The number of carbonyl (C=O) groups is 2. The van der Waals surface area contributed by atoms with Crippen LogP contribution in [0.3, 0.4) is 0 Å². The Balaban J connectivity index is 1.20. The highest BCUT2D eigenvalue weighted by molar-refractivity contribution is 7.10. The van der Waals surface area contributed by atoms with Crippen LogP contribution in [0.15, 0.2) is 84.2 Å². The first-order valence-electron chi connectivity index (χ1n) is 13.5. The third-order valence-electron chi connectivity index (χ3n) is 7.32. The quantitative estimate of drug-likeness (QED) is 0.252. The molecule has 41 heavy (non-hydrogen) atoms. The van der Waals surface area contributed by atoms with E-state index in [1.165, 1.54) is 23.5 Å². The van der Waals surface area contributed by atoms with Gasteiger partial charge >= 0.3 is 0 Å². The number of anilines is 1. The molecule has 4 aromatic rings. The van der Waals surface area contributed by atoms with E-state index in [0.29, 0.717) is 42.7 Å². The molecule has 0 saturated carbocycles. The Morgan fingerprint density at radius 1 is 1.05 bits per heavy atom. The topological polar surface area (TPSA) is 82.5 Å². The van der Waals surface area contributed by atoms with Gasteiger partial charge in [-0.2, -0.15) is 0 Å². The van der Waals surface area contributed by atoms with Crippen molar-refractivity contribution < 1.29 is 23.5 Å². The first-order valence-corrected chi connectivity index (χ1v) is 14.4. The zero-order valence-electron chi connectivity index (χ0n) is 22.6. The number of benzene rings is 3. The number of hydrogen-bond acceptors (Lipinski definition) is 5. The first kappa shape index (κ1) is 28.6. The number of rotatable bonds is 8. The lowest BCUT2D eigenvalue weighted by Crippen LogP contribution is -2.44. The summed E-state index contributed by atoms with van der Waals surface area (Å²) >= 11 is 1.41. The van der Waals surface area contributed by atoms with Gasteiger partial charge in [-0.15, -0.1) is 11.3 Å². The molecule has 0 bridgehead atoms. The fraction of sp³-hybridized carbons (Fsp3) is 0.281. The summed E-state index contributed by atoms with van der Waals surface area (Å²) in [5.74, 6) is -3.51. The van der Waals surface area contributed by atoms with Gasteiger partial charge in [-0.1, -0.05) is 66.7 Å². The zero-order valence-corrected chi connectivity index (χ0v) is 23.4. The van der Waals surface area contributed by atoms with Gasteiger partial charge < -0.3 is 15.3 Å². The van der Waals surface area contributed by atoms with E-state index < -0.39 is 12.0 Å². The number of carbonyl (C=O) groups excluding carboxylic acids is 2. The van der Waals surface area contributed by atoms with Crippen molar-refractivity contribution >= 4 is 28.8 Å². The van der Waals surface area contributed by atoms with Crippen LogP contribution in [0.25, 0.3) is 11.1 Å². The lowest BCUT2D eigenvalue weighted by molar-refractivity contribution is -0.141. The summed E-state index contributed by atoms with van der Waals surface area (Å²) in [6, 6.07) is 22.7. The predicted molar refractivity (Wildman–Crippen MR) is 156 cm³/mol. The molecule has 6 nitrogen and oxygen atoms in total. The van der Waals surface area contributed by atoms with E-state index in [2.05, 4.69) is 10.3 Å². The second-order valence-electron chi connectivity index (χ2n) is 10.3. The number of piperidine rings is 1. The number of hydrogen-bond donors (Lipinski definition) is 2. The molecular weight excluding hydrogens is 544 g/mol. The maximum absolute atomic E-state index is 13.9. The molecule has 1 aromatic heterocycles. The van der Waals surface area contributed by atoms with E-state index >= 15 is 0 Å². The molecule has 2 amide bonds. The molecule has 2 N–H and O–H groups in total. The average Bonchev–Trinajstić information content (AvgIpc) is 3.48. The lowest BCUT2D eigenvalue weighted by atomic mass is 9.96. The summed E-state index contributed by atoms with van der Waals surface area (Å²) in [5.41, 5.74) is 2.81. The first-order chi connectivity index (χ1) is 19.7. The molecule has 1 atom stereocenters. The minimum Gasteiger partial charge on any atom is -0.383 e. The van der Waals surface area contributed by atoms with Gasteiger partial charge in [0.25, 0.3) is 17.7 Å². The van der Waals surface area contributed by atoms with Crippen LogP contribution in [0.1, 0.15) is 52.3 Å². The van der Waals surface area contributed by atoms with Gasteiger partial charge in [-0.05, 0) is 36.1 Å². The third-order valence-corrected chi connectivity index (χ3v) is 8.33. The Morgan fingerprint density at radius 2 is 1.76 bits per heavy atom. The van der Waals surface area contributed by atoms with Crippen LogP contribution in [-0.2, 0) is 17.1 Å². The number of nitrogens with one attached hydrogen (secondary N) is 1. The molecule has 0 aliphatic carbocycles. The molecular formula is C32H31F2N3O3S. The smallest absolute Gasteiger partial charge is 0.275 e. The minimum atomic E-state index is -2.98. The van der Waals surface area contributed by atoms with Crippen molar-refractivity contribution in [2.75, 3.05) is 18.4 Å². The number of aliphatic hydroxyl groups excluding tert-OH is 1. The van der Waals surface area contributed by atoms with E-state index in [-0.39, 0.29) is 35.4 Å². The monoisotopic (exact) mass is 575 g/mol. The van der Waals surface area contributed by atoms with Gasteiger partial charge in [-0.3, -0.25) is 9.59 Å². The average molecular weight is 576 g/mol. The number of nitrogens with zero attached hydrogens (tertiary/aromatic N) is 2. The standard InChI is InChI=1S/C32H31F2N3O3S/c1-32(33,34)24-11-7-10-23(19-24)25-12-5-6-13-26(25)35-29(39)27-20-41-30(36-27)22-14-16-37(17-15-22)31(40)28(38)18-21-8-3-2-4-9-21/h2-13,19-20,22,28,38H,14-18H2,1H3,(H,35,39)/t28-/m1/s1. The third kappa shape index (κ3) is 6.86. The molecule has 9 heteroatoms. The molecule has 1 fully saturated rings. The summed E-state index contributed by atoms with van der Waals surface area (Å²) in [4.78, 5) is 32.2. The highest BCUT2D eigenvalue weighted by atomic mass is 32.1. The molecule has 0 spiro atoms. The van der Waals surface area contributed by atoms with E-state index in [9.17, 15) is 23.5 Å². The van der Waals surface area contributed by atoms with Crippen LogP contribution in [-0.4, -0.2) is 46.0 Å². The van der Waals surface area contributed by atoms with E-state index in [1.807, 2.05) is 30.3 Å². The van der Waals surface area contributed by atoms with Crippen molar-refractivity contribution in [1.82, 2.24) is 9.88 Å². The number of thiazole rings is 1. The van der Waals surface area contributed by atoms with Crippen LogP contribution in [0.5, 0.6) is 0 Å². The predicted octanol–water partition coefficient (Wildman–Crippen LogP) is 6.48. The van der Waals surface area contributed by atoms with Gasteiger partial charge in [-0.25, -0.2) is 13.8 Å². The number of aromatic nitrogens is 1. The van der Waals surface area contributed by atoms with Gasteiger partial charge in [0.05, 0.1) is 5.01 Å². The highest BCUT2D eigenvalue weighted by Gasteiger charge is 2.30. The molecule has 1 saturated heterocycles. The summed E-state index contributed by atoms with van der Waals surface area (Å²) in [7, 11) is 0. The maximum atomic E-state index is 13.9. The van der Waals surface area contributed by atoms with Gasteiger partial charge in [0.15, 0.2) is 0 Å². The molecule has 0 radical (unpaired) electrons. The number of aliphatic hydroxyl groups is 1. The van der Waals surface area contributed by atoms with E-state index in [4.69, 9.17) is 0 Å². The van der Waals surface area contributed by atoms with Crippen LogP contribution < -0.4 is 5.32 Å². The summed E-state index contributed by atoms with van der Waals surface area (Å²) < 4.78 is 27.8. The van der Waals surface area contributed by atoms with Crippen LogP contribution in [0, 0.1) is 0 Å². The van der Waals surface area contributed by atoms with Crippen molar-refractivity contribution in [1.29, 1.82) is 0 Å². The Morgan fingerprint density at radius 3 is 2.49 bits per heavy atom. The largest absolute Gasteiger partial charge is 0.383 e. The fourth-order valence-electron chi connectivity index (χ4n) is 5.05. The molecule has 0 unspecified atom stereocenters. The highest BCUT2D eigenvalue weighted by Crippen LogP contribution is 2.34. The molecule has 212 valence electrons. The summed E-state index contributed by atoms with van der Waals surface area (Å²) in [5, 5.41) is 15.9. The van der Waals surface area contributed by atoms with Crippen LogP contribution >= 0.6 is 11.3 Å². The van der Waals surface area contributed by atoms with Gasteiger partial charge in [0.1, 0.15) is 11.8 Å². The van der Waals surface area contributed by atoms with Crippen molar-refractivity contribution in [3.63, 3.8) is 0 Å². The van der Waals surface area contributed by atoms with E-state index in [1.54, 1.807) is 46.7 Å². The van der Waals surface area contributed by atoms with E-state index in [0.717, 1.165) is 17.5 Å². The van der Waals surface area contributed by atoms with Crippen LogP contribution in [0.4, 0.5) is 14.5 Å². The number of para-hydroxylation sites is 1. The normalized spacial score (nSPS) is 15.0. The van der Waals surface area contributed by atoms with Crippen molar-refractivity contribution in [2.45, 2.75) is 44.1 Å². The number of halogens is 2. The van der Waals surface area contributed by atoms with Gasteiger partial charge in [0.2, 0.25) is 0 Å².